The molecular weight excluding hydrogens is 188 g/mol. The van der Waals surface area contributed by atoms with Crippen LogP contribution in [0.3, 0.4) is 0 Å². The van der Waals surface area contributed by atoms with Gasteiger partial charge in [0.05, 0.1) is 13.2 Å². The number of carbonyl (C=O) groups excluding carboxylic acids is 1. The molecule has 0 aromatic carbocycles. The van der Waals surface area contributed by atoms with E-state index in [1.807, 2.05) is 0 Å². The molecule has 1 heterocycles. The average Bonchev–Trinajstić information content (AvgIpc) is 2.67. The fourth-order valence-corrected chi connectivity index (χ4v) is 0.810. The zero-order chi connectivity index (χ0) is 10.4. The van der Waals surface area contributed by atoms with Crippen molar-refractivity contribution in [3.63, 3.8) is 0 Å². The molecule has 1 aromatic heterocycles. The second kappa shape index (κ2) is 5.25. The number of H-pyrrole nitrogens is 1. The Labute approximate surface area is 80.2 Å². The zero-order valence-electron chi connectivity index (χ0n) is 7.73. The maximum absolute atomic E-state index is 11.2. The maximum atomic E-state index is 11.2. The second-order valence-electron chi connectivity index (χ2n) is 2.61. The number of nitrogens with two attached hydrogens (primary N) is 1. The molecule has 78 valence electrons. The molecule has 4 N–H and O–H groups in total. The summed E-state index contributed by atoms with van der Waals surface area (Å²) in [6.07, 6.45) is 0. The Kier molecular flexibility index (Phi) is 3.95. The van der Waals surface area contributed by atoms with Crippen LogP contribution in [0.1, 0.15) is 5.82 Å². The highest BCUT2D eigenvalue weighted by Crippen LogP contribution is 1.84. The molecule has 8 nitrogen and oxygen atoms in total. The molecule has 0 aliphatic heterocycles. The summed E-state index contributed by atoms with van der Waals surface area (Å²) in [5.74, 6) is 0.0969. The number of nitrogens with zero attached hydrogens (tertiary/aromatic N) is 3. The number of tetrazole rings is 1. The Hall–Kier alpha value is -1.54. The molecular formula is C6H12N6O2. The number of methoxy groups -OCH3 is 1. The van der Waals surface area contributed by atoms with Crippen molar-refractivity contribution in [1.82, 2.24) is 25.9 Å². The number of nitrogens with one attached hydrogen (secondary N) is 2. The lowest BCUT2D eigenvalue weighted by molar-refractivity contribution is -0.123. The van der Waals surface area contributed by atoms with Crippen molar-refractivity contribution in [2.45, 2.75) is 12.6 Å². The highest BCUT2D eigenvalue weighted by atomic mass is 16.5. The van der Waals surface area contributed by atoms with Crippen LogP contribution < -0.4 is 11.1 Å². The largest absolute Gasteiger partial charge is 0.383 e. The van der Waals surface area contributed by atoms with Gasteiger partial charge in [0.15, 0.2) is 5.82 Å². The molecule has 0 bridgehead atoms. The summed E-state index contributed by atoms with van der Waals surface area (Å²) < 4.78 is 4.73. The molecule has 8 heteroatoms. The predicted molar refractivity (Wildman–Crippen MR) is 45.9 cm³/mol. The van der Waals surface area contributed by atoms with Crippen molar-refractivity contribution in [1.29, 1.82) is 0 Å². The predicted octanol–water partition coefficient (Wildman–Crippen LogP) is -2.21. The number of hydrogen-bond acceptors (Lipinski definition) is 6. The van der Waals surface area contributed by atoms with E-state index in [9.17, 15) is 4.79 Å². The van der Waals surface area contributed by atoms with Gasteiger partial charge in [-0.3, -0.25) is 4.79 Å². The molecule has 0 spiro atoms. The van der Waals surface area contributed by atoms with Crippen LogP contribution in [0.25, 0.3) is 0 Å². The normalized spacial score (nSPS) is 12.4. The first-order valence-electron chi connectivity index (χ1n) is 3.98. The van der Waals surface area contributed by atoms with Gasteiger partial charge in [0.1, 0.15) is 6.04 Å². The van der Waals surface area contributed by atoms with Gasteiger partial charge in [-0.15, -0.1) is 10.2 Å². The minimum absolute atomic E-state index is 0.179. The van der Waals surface area contributed by atoms with Gasteiger partial charge in [-0.25, -0.2) is 0 Å². The van der Waals surface area contributed by atoms with Crippen molar-refractivity contribution in [3.8, 4) is 0 Å². The van der Waals surface area contributed by atoms with Crippen molar-refractivity contribution in [2.75, 3.05) is 13.7 Å². The van der Waals surface area contributed by atoms with Crippen LogP contribution in [0.5, 0.6) is 0 Å². The SMILES string of the molecule is COCC(N)C(=O)NCc1nn[nH]n1. The van der Waals surface area contributed by atoms with Gasteiger partial charge in [0.2, 0.25) is 5.91 Å². The van der Waals surface area contributed by atoms with E-state index < -0.39 is 6.04 Å². The first-order valence-corrected chi connectivity index (χ1v) is 3.98. The topological polar surface area (TPSA) is 119 Å². The van der Waals surface area contributed by atoms with Gasteiger partial charge in [-0.2, -0.15) is 5.21 Å². The summed E-state index contributed by atoms with van der Waals surface area (Å²) in [5.41, 5.74) is 5.47. The van der Waals surface area contributed by atoms with E-state index in [-0.39, 0.29) is 19.1 Å². The van der Waals surface area contributed by atoms with E-state index in [1.54, 1.807) is 0 Å². The number of carbonyl (C=O) groups is 1. The number of aromatic nitrogens is 4. The van der Waals surface area contributed by atoms with Crippen LogP contribution in [0, 0.1) is 0 Å². The third kappa shape index (κ3) is 3.07. The van der Waals surface area contributed by atoms with E-state index in [0.717, 1.165) is 0 Å². The Morgan fingerprint density at radius 2 is 2.57 bits per heavy atom. The lowest BCUT2D eigenvalue weighted by Gasteiger charge is -2.09. The highest BCUT2D eigenvalue weighted by Gasteiger charge is 2.12. The Bertz CT molecular complexity index is 274. The Morgan fingerprint density at radius 1 is 1.79 bits per heavy atom. The number of ether oxygens (including phenoxy) is 1. The summed E-state index contributed by atoms with van der Waals surface area (Å²) in [5, 5.41) is 15.5. The molecule has 0 aliphatic carbocycles. The van der Waals surface area contributed by atoms with E-state index in [0.29, 0.717) is 5.82 Å². The van der Waals surface area contributed by atoms with Crippen LogP contribution in [0.4, 0.5) is 0 Å². The standard InChI is InChI=1S/C6H12N6O2/c1-14-3-4(7)6(13)8-2-5-9-11-12-10-5/h4H,2-3,7H2,1H3,(H,8,13)(H,9,10,11,12). The first-order chi connectivity index (χ1) is 6.74. The van der Waals surface area contributed by atoms with Gasteiger partial charge in [-0.1, -0.05) is 5.21 Å². The third-order valence-electron chi connectivity index (χ3n) is 1.49. The van der Waals surface area contributed by atoms with Crippen molar-refractivity contribution in [2.24, 2.45) is 5.73 Å². The van der Waals surface area contributed by atoms with E-state index in [1.165, 1.54) is 7.11 Å². The second-order valence-corrected chi connectivity index (χ2v) is 2.61. The lowest BCUT2D eigenvalue weighted by atomic mass is 10.3. The van der Waals surface area contributed by atoms with E-state index in [4.69, 9.17) is 10.5 Å². The van der Waals surface area contributed by atoms with Crippen molar-refractivity contribution >= 4 is 5.91 Å². The fourth-order valence-electron chi connectivity index (χ4n) is 0.810. The first kappa shape index (κ1) is 10.5. The Balaban J connectivity index is 2.27. The highest BCUT2D eigenvalue weighted by molar-refractivity contribution is 5.81. The van der Waals surface area contributed by atoms with Crippen LogP contribution in [-0.4, -0.2) is 46.3 Å². The molecule has 1 aromatic rings. The van der Waals surface area contributed by atoms with Gasteiger partial charge in [0, 0.05) is 7.11 Å². The molecule has 1 amide bonds. The van der Waals surface area contributed by atoms with Gasteiger partial charge in [-0.05, 0) is 0 Å². The maximum Gasteiger partial charge on any atom is 0.239 e. The molecule has 0 radical (unpaired) electrons. The van der Waals surface area contributed by atoms with E-state index in [2.05, 4.69) is 25.9 Å². The molecule has 0 aliphatic rings. The molecule has 1 unspecified atom stereocenters. The lowest BCUT2D eigenvalue weighted by Crippen LogP contribution is -2.43. The summed E-state index contributed by atoms with van der Waals surface area (Å²) in [6.45, 7) is 0.380. The summed E-state index contributed by atoms with van der Waals surface area (Å²) >= 11 is 0. The van der Waals surface area contributed by atoms with Crippen LogP contribution >= 0.6 is 0 Å². The molecule has 14 heavy (non-hydrogen) atoms. The number of amides is 1. The minimum Gasteiger partial charge on any atom is -0.383 e. The summed E-state index contributed by atoms with van der Waals surface area (Å²) in [6, 6.07) is -0.674. The molecule has 1 rings (SSSR count). The number of rotatable bonds is 5. The average molecular weight is 200 g/mol. The monoisotopic (exact) mass is 200 g/mol. The van der Waals surface area contributed by atoms with Gasteiger partial charge >= 0.3 is 0 Å². The summed E-state index contributed by atoms with van der Waals surface area (Å²) in [7, 11) is 1.48. The molecule has 0 saturated heterocycles. The molecule has 0 saturated carbocycles. The van der Waals surface area contributed by atoms with Gasteiger partial charge < -0.3 is 15.8 Å². The number of hydrogen-bond donors (Lipinski definition) is 3. The minimum atomic E-state index is -0.674. The fraction of sp³-hybridized carbons (Fsp3) is 0.667. The third-order valence-corrected chi connectivity index (χ3v) is 1.49. The molecule has 0 fully saturated rings. The van der Waals surface area contributed by atoms with Crippen molar-refractivity contribution in [3.05, 3.63) is 5.82 Å². The van der Waals surface area contributed by atoms with Crippen LogP contribution in [0.15, 0.2) is 0 Å². The molecule has 1 atom stereocenters. The van der Waals surface area contributed by atoms with E-state index >= 15 is 0 Å². The summed E-state index contributed by atoms with van der Waals surface area (Å²) in [4.78, 5) is 11.2. The quantitative estimate of drug-likeness (QED) is 0.495. The Morgan fingerprint density at radius 3 is 3.14 bits per heavy atom. The zero-order valence-corrected chi connectivity index (χ0v) is 7.73. The van der Waals surface area contributed by atoms with Crippen molar-refractivity contribution < 1.29 is 9.53 Å². The van der Waals surface area contributed by atoms with Crippen LogP contribution in [-0.2, 0) is 16.1 Å². The van der Waals surface area contributed by atoms with Gasteiger partial charge in [0.25, 0.3) is 0 Å². The number of aromatic amines is 1. The smallest absolute Gasteiger partial charge is 0.239 e. The van der Waals surface area contributed by atoms with Crippen LogP contribution in [0.2, 0.25) is 0 Å².